The van der Waals surface area contributed by atoms with Gasteiger partial charge in [-0.25, -0.2) is 0 Å². The maximum Gasteiger partial charge on any atom is 0.252 e. The van der Waals surface area contributed by atoms with Gasteiger partial charge in [0.2, 0.25) is 0 Å². The van der Waals surface area contributed by atoms with Gasteiger partial charge in [0.15, 0.2) is 0 Å². The SMILES string of the molecule is Cc1ccc(-c2cc(C)ccc2N2c3ccc(C)cc3B3c4cc(C)ccc4N(c4ccc(C)cc4)c4cc(N(c5cccc(-c6ccccc6)c5)c5cccc(-c6ccccc6)c5)cc2c43)cc1. The average Bonchev–Trinajstić information content (AvgIpc) is 3.38. The van der Waals surface area contributed by atoms with Gasteiger partial charge >= 0.3 is 0 Å². The van der Waals surface area contributed by atoms with Gasteiger partial charge < -0.3 is 14.7 Å². The van der Waals surface area contributed by atoms with Crippen LogP contribution in [-0.2, 0) is 0 Å². The van der Waals surface area contributed by atoms with Crippen molar-refractivity contribution in [2.45, 2.75) is 34.6 Å². The maximum absolute atomic E-state index is 2.58. The van der Waals surface area contributed by atoms with E-state index in [1.807, 2.05) is 0 Å². The van der Waals surface area contributed by atoms with E-state index in [1.54, 1.807) is 0 Å². The molecule has 0 fully saturated rings. The van der Waals surface area contributed by atoms with Crippen LogP contribution in [0.15, 0.2) is 224 Å². The quantitative estimate of drug-likeness (QED) is 0.141. The molecule has 0 radical (unpaired) electrons. The predicted molar refractivity (Wildman–Crippen MR) is 295 cm³/mol. The summed E-state index contributed by atoms with van der Waals surface area (Å²) in [7, 11) is 0. The number of nitrogens with zero attached hydrogens (tertiary/aromatic N) is 3. The van der Waals surface area contributed by atoms with E-state index in [1.165, 1.54) is 77.8 Å². The highest BCUT2D eigenvalue weighted by Gasteiger charge is 2.44. The number of aryl methyl sites for hydroxylation is 5. The highest BCUT2D eigenvalue weighted by Crippen LogP contribution is 2.50. The zero-order valence-corrected chi connectivity index (χ0v) is 39.8. The van der Waals surface area contributed by atoms with E-state index in [9.17, 15) is 0 Å². The molecular formula is C65H52BN3. The van der Waals surface area contributed by atoms with Crippen LogP contribution in [0.25, 0.3) is 33.4 Å². The third-order valence-corrected chi connectivity index (χ3v) is 14.1. The highest BCUT2D eigenvalue weighted by atomic mass is 15.2. The number of anilines is 9. The number of rotatable bonds is 8. The molecule has 330 valence electrons. The molecule has 0 atom stereocenters. The molecule has 0 aromatic heterocycles. The summed E-state index contributed by atoms with van der Waals surface area (Å²) in [5.41, 5.74) is 27.4. The minimum atomic E-state index is -0.0173. The monoisotopic (exact) mass is 885 g/mol. The Morgan fingerprint density at radius 2 is 0.754 bits per heavy atom. The van der Waals surface area contributed by atoms with Crippen LogP contribution >= 0.6 is 0 Å². The number of benzene rings is 10. The lowest BCUT2D eigenvalue weighted by molar-refractivity contribution is 1.22. The first-order valence-corrected chi connectivity index (χ1v) is 24.1. The summed E-state index contributed by atoms with van der Waals surface area (Å²) in [5.74, 6) is 0. The highest BCUT2D eigenvalue weighted by molar-refractivity contribution is 7.00. The molecule has 0 aliphatic carbocycles. The smallest absolute Gasteiger partial charge is 0.252 e. The summed E-state index contributed by atoms with van der Waals surface area (Å²) in [6, 6.07) is 83.7. The van der Waals surface area contributed by atoms with Gasteiger partial charge in [0.05, 0.1) is 11.4 Å². The lowest BCUT2D eigenvalue weighted by atomic mass is 9.33. The molecule has 10 aromatic rings. The van der Waals surface area contributed by atoms with Crippen LogP contribution in [0.1, 0.15) is 27.8 Å². The Morgan fingerprint density at radius 1 is 0.304 bits per heavy atom. The summed E-state index contributed by atoms with van der Waals surface area (Å²) < 4.78 is 0. The molecule has 2 heterocycles. The standard InChI is InChI=1S/C65H52BN3/c1-43-22-29-50(30-23-43)57-36-45(3)26-33-60(57)69-62-35-28-47(5)38-59(62)66-58-37-46(4)27-34-61(58)68(53-31-24-44(2)25-32-53)63-41-56(42-64(69)65(63)66)67(54-20-12-18-51(39-54)48-14-8-6-9-15-48)55-21-13-19-52(40-55)49-16-10-7-11-17-49/h6-42H,1-5H3. The van der Waals surface area contributed by atoms with Crippen molar-refractivity contribution in [3.05, 3.63) is 252 Å². The zero-order valence-electron chi connectivity index (χ0n) is 39.8. The van der Waals surface area contributed by atoms with Crippen molar-refractivity contribution >= 4 is 74.3 Å². The topological polar surface area (TPSA) is 9.72 Å². The summed E-state index contributed by atoms with van der Waals surface area (Å²) in [4.78, 5) is 7.58. The predicted octanol–water partition coefficient (Wildman–Crippen LogP) is 15.8. The molecule has 0 saturated carbocycles. The molecule has 10 aromatic carbocycles. The van der Waals surface area contributed by atoms with Crippen LogP contribution < -0.4 is 31.1 Å². The van der Waals surface area contributed by atoms with E-state index in [0.29, 0.717) is 0 Å². The molecule has 0 unspecified atom stereocenters. The largest absolute Gasteiger partial charge is 0.311 e. The van der Waals surface area contributed by atoms with Crippen molar-refractivity contribution in [3.63, 3.8) is 0 Å². The molecule has 0 spiro atoms. The molecule has 2 aliphatic heterocycles. The normalized spacial score (nSPS) is 12.3. The van der Waals surface area contributed by atoms with E-state index in [4.69, 9.17) is 0 Å². The number of hydrogen-bond donors (Lipinski definition) is 0. The lowest BCUT2D eigenvalue weighted by Crippen LogP contribution is -2.61. The van der Waals surface area contributed by atoms with E-state index >= 15 is 0 Å². The third kappa shape index (κ3) is 7.50. The molecule has 4 heteroatoms. The van der Waals surface area contributed by atoms with Gasteiger partial charge in [-0.3, -0.25) is 0 Å². The van der Waals surface area contributed by atoms with Crippen molar-refractivity contribution in [2.75, 3.05) is 14.7 Å². The fraction of sp³-hybridized carbons (Fsp3) is 0.0769. The fourth-order valence-corrected chi connectivity index (χ4v) is 10.8. The molecular weight excluding hydrogens is 834 g/mol. The van der Waals surface area contributed by atoms with Crippen LogP contribution in [0.3, 0.4) is 0 Å². The van der Waals surface area contributed by atoms with Crippen molar-refractivity contribution in [2.24, 2.45) is 0 Å². The van der Waals surface area contributed by atoms with Gasteiger partial charge in [-0.2, -0.15) is 0 Å². The first-order valence-electron chi connectivity index (χ1n) is 24.1. The summed E-state index contributed by atoms with van der Waals surface area (Å²) >= 11 is 0. The first kappa shape index (κ1) is 42.0. The van der Waals surface area contributed by atoms with Crippen LogP contribution in [-0.4, -0.2) is 6.71 Å². The minimum absolute atomic E-state index is 0.0173. The van der Waals surface area contributed by atoms with Crippen molar-refractivity contribution in [3.8, 4) is 33.4 Å². The minimum Gasteiger partial charge on any atom is -0.311 e. The van der Waals surface area contributed by atoms with E-state index in [-0.39, 0.29) is 6.71 Å². The molecule has 69 heavy (non-hydrogen) atoms. The Morgan fingerprint density at radius 3 is 1.30 bits per heavy atom. The van der Waals surface area contributed by atoms with Crippen molar-refractivity contribution in [1.82, 2.24) is 0 Å². The number of hydrogen-bond acceptors (Lipinski definition) is 3. The van der Waals surface area contributed by atoms with Crippen LogP contribution in [0.2, 0.25) is 0 Å². The molecule has 12 rings (SSSR count). The zero-order chi connectivity index (χ0) is 46.8. The Bertz CT molecular complexity index is 3480. The maximum atomic E-state index is 2.58. The summed E-state index contributed by atoms with van der Waals surface area (Å²) in [6.45, 7) is 11.0. The first-order chi connectivity index (χ1) is 33.8. The van der Waals surface area contributed by atoms with Crippen molar-refractivity contribution in [1.29, 1.82) is 0 Å². The van der Waals surface area contributed by atoms with Crippen molar-refractivity contribution < 1.29 is 0 Å². The van der Waals surface area contributed by atoms with Gasteiger partial charge in [-0.15, -0.1) is 0 Å². The molecule has 0 bridgehead atoms. The second-order valence-corrected chi connectivity index (χ2v) is 19.0. The molecule has 0 amide bonds. The summed E-state index contributed by atoms with van der Waals surface area (Å²) in [6.07, 6.45) is 0. The number of fused-ring (bicyclic) bond motifs is 4. The van der Waals surface area contributed by atoms with Crippen LogP contribution in [0, 0.1) is 34.6 Å². The summed E-state index contributed by atoms with van der Waals surface area (Å²) in [5, 5.41) is 0. The second-order valence-electron chi connectivity index (χ2n) is 19.0. The Kier molecular flexibility index (Phi) is 10.4. The lowest BCUT2D eigenvalue weighted by Gasteiger charge is -2.45. The third-order valence-electron chi connectivity index (χ3n) is 14.1. The fourth-order valence-electron chi connectivity index (χ4n) is 10.8. The van der Waals surface area contributed by atoms with E-state index < -0.39 is 0 Å². The van der Waals surface area contributed by atoms with Crippen LogP contribution in [0.5, 0.6) is 0 Å². The molecule has 3 nitrogen and oxygen atoms in total. The van der Waals surface area contributed by atoms with Gasteiger partial charge in [0, 0.05) is 45.4 Å². The van der Waals surface area contributed by atoms with Gasteiger partial charge in [-0.1, -0.05) is 179 Å². The average molecular weight is 886 g/mol. The van der Waals surface area contributed by atoms with Crippen LogP contribution in [0.4, 0.5) is 51.2 Å². The Balaban J connectivity index is 1.20. The van der Waals surface area contributed by atoms with E-state index in [0.717, 1.165) is 50.9 Å². The molecule has 0 N–H and O–H groups in total. The van der Waals surface area contributed by atoms with Gasteiger partial charge in [-0.05, 0) is 152 Å². The Hall–Kier alpha value is -8.34. The molecule has 0 saturated heterocycles. The molecule has 2 aliphatic rings. The Labute approximate surface area is 407 Å². The van der Waals surface area contributed by atoms with Gasteiger partial charge in [0.25, 0.3) is 6.71 Å². The second kappa shape index (κ2) is 17.1. The van der Waals surface area contributed by atoms with Gasteiger partial charge in [0.1, 0.15) is 0 Å². The van der Waals surface area contributed by atoms with E-state index in [2.05, 4.69) is 274 Å².